The van der Waals surface area contributed by atoms with Gasteiger partial charge in [-0.15, -0.1) is 0 Å². The molecule has 3 rings (SSSR count). The zero-order chi connectivity index (χ0) is 15.0. The number of nitrogens with zero attached hydrogens (tertiary/aromatic N) is 2. The van der Waals surface area contributed by atoms with Crippen molar-refractivity contribution in [2.45, 2.75) is 52.7 Å². The second kappa shape index (κ2) is 5.30. The van der Waals surface area contributed by atoms with Crippen LogP contribution in [-0.2, 0) is 13.0 Å². The molecule has 0 aliphatic heterocycles. The molecule has 1 atom stereocenters. The summed E-state index contributed by atoms with van der Waals surface area (Å²) in [4.78, 5) is 0. The minimum Gasteiger partial charge on any atom is -0.389 e. The Labute approximate surface area is 126 Å². The van der Waals surface area contributed by atoms with E-state index in [9.17, 15) is 5.11 Å². The molecule has 0 fully saturated rings. The molecular weight excluding hydrogens is 260 g/mol. The van der Waals surface area contributed by atoms with Gasteiger partial charge in [0.2, 0.25) is 0 Å². The molecule has 21 heavy (non-hydrogen) atoms. The van der Waals surface area contributed by atoms with Crippen LogP contribution in [0.15, 0.2) is 35.9 Å². The highest BCUT2D eigenvalue weighted by Gasteiger charge is 2.28. The smallest absolute Gasteiger partial charge is 0.0743 e. The first kappa shape index (κ1) is 14.3. The third kappa shape index (κ3) is 2.88. The monoisotopic (exact) mass is 284 g/mol. The van der Waals surface area contributed by atoms with E-state index in [2.05, 4.69) is 49.7 Å². The molecule has 1 aliphatic carbocycles. The maximum atomic E-state index is 10.1. The van der Waals surface area contributed by atoms with Crippen LogP contribution in [0.4, 0.5) is 0 Å². The quantitative estimate of drug-likeness (QED) is 0.873. The third-order valence-corrected chi connectivity index (χ3v) is 4.32. The third-order valence-electron chi connectivity index (χ3n) is 4.32. The fourth-order valence-corrected chi connectivity index (χ4v) is 3.55. The molecule has 1 heterocycles. The van der Waals surface area contributed by atoms with Crippen LogP contribution < -0.4 is 0 Å². The van der Waals surface area contributed by atoms with Crippen LogP contribution >= 0.6 is 0 Å². The lowest BCUT2D eigenvalue weighted by Gasteiger charge is -2.32. The average Bonchev–Trinajstić information content (AvgIpc) is 2.75. The van der Waals surface area contributed by atoms with Gasteiger partial charge in [0.25, 0.3) is 0 Å². The molecule has 1 aromatic heterocycles. The van der Waals surface area contributed by atoms with Gasteiger partial charge in [-0.25, -0.2) is 0 Å². The first-order valence-electron chi connectivity index (χ1n) is 7.80. The van der Waals surface area contributed by atoms with Gasteiger partial charge >= 0.3 is 0 Å². The van der Waals surface area contributed by atoms with E-state index >= 15 is 0 Å². The molecule has 3 heteroatoms. The molecule has 0 saturated heterocycles. The summed E-state index contributed by atoms with van der Waals surface area (Å²) >= 11 is 0. The molecule has 1 unspecified atom stereocenters. The molecule has 112 valence electrons. The molecule has 0 amide bonds. The number of aryl methyl sites for hydroxylation is 1. The fraction of sp³-hybridized carbons (Fsp3) is 0.500. The zero-order valence-electron chi connectivity index (χ0n) is 13.1. The molecule has 0 radical (unpaired) electrons. The largest absolute Gasteiger partial charge is 0.389 e. The van der Waals surface area contributed by atoms with Crippen molar-refractivity contribution in [3.8, 4) is 0 Å². The Morgan fingerprint density at radius 1 is 1.33 bits per heavy atom. The van der Waals surface area contributed by atoms with Crippen molar-refractivity contribution in [2.24, 2.45) is 5.41 Å². The Hall–Kier alpha value is -1.61. The van der Waals surface area contributed by atoms with Gasteiger partial charge in [-0.1, -0.05) is 43.7 Å². The number of hydrogen-bond donors (Lipinski definition) is 1. The van der Waals surface area contributed by atoms with E-state index in [1.165, 1.54) is 16.5 Å². The number of benzene rings is 1. The van der Waals surface area contributed by atoms with Crippen molar-refractivity contribution in [1.29, 1.82) is 0 Å². The van der Waals surface area contributed by atoms with Crippen LogP contribution in [-0.4, -0.2) is 21.0 Å². The number of allylic oxidation sites excluding steroid dienone is 1. The second-order valence-corrected chi connectivity index (χ2v) is 6.89. The first-order valence-corrected chi connectivity index (χ1v) is 7.80. The Balaban J connectivity index is 1.95. The summed E-state index contributed by atoms with van der Waals surface area (Å²) in [5, 5.41) is 16.1. The highest BCUT2D eigenvalue weighted by atomic mass is 16.3. The van der Waals surface area contributed by atoms with Gasteiger partial charge in [-0.3, -0.25) is 4.68 Å². The lowest BCUT2D eigenvalue weighted by atomic mass is 9.75. The summed E-state index contributed by atoms with van der Waals surface area (Å²) in [6.07, 6.45) is 4.44. The van der Waals surface area contributed by atoms with E-state index in [-0.39, 0.29) is 11.5 Å². The maximum absolute atomic E-state index is 10.1. The van der Waals surface area contributed by atoms with Gasteiger partial charge in [-0.05, 0) is 31.2 Å². The van der Waals surface area contributed by atoms with E-state index in [4.69, 9.17) is 5.10 Å². The Bertz CT molecular complexity index is 682. The minimum atomic E-state index is -0.316. The van der Waals surface area contributed by atoms with Gasteiger partial charge in [0.05, 0.1) is 17.3 Å². The summed E-state index contributed by atoms with van der Waals surface area (Å²) < 4.78 is 2.07. The maximum Gasteiger partial charge on any atom is 0.0743 e. The van der Waals surface area contributed by atoms with Gasteiger partial charge in [0, 0.05) is 18.4 Å². The average molecular weight is 284 g/mol. The lowest BCUT2D eigenvalue weighted by molar-refractivity contribution is 0.138. The van der Waals surface area contributed by atoms with Crippen LogP contribution in [0.3, 0.4) is 0 Å². The molecule has 3 nitrogen and oxygen atoms in total. The number of aliphatic hydroxyl groups excluding tert-OH is 1. The predicted octanol–water partition coefficient (Wildman–Crippen LogP) is 3.71. The van der Waals surface area contributed by atoms with E-state index in [1.54, 1.807) is 0 Å². The first-order chi connectivity index (χ1) is 9.98. The zero-order valence-corrected chi connectivity index (χ0v) is 13.1. The van der Waals surface area contributed by atoms with E-state index in [0.717, 1.165) is 31.5 Å². The minimum absolute atomic E-state index is 0.173. The fourth-order valence-electron chi connectivity index (χ4n) is 3.55. The topological polar surface area (TPSA) is 38.0 Å². The number of fused-ring (bicyclic) bond motifs is 1. The van der Waals surface area contributed by atoms with Crippen molar-refractivity contribution < 1.29 is 5.11 Å². The van der Waals surface area contributed by atoms with Crippen LogP contribution in [0.1, 0.15) is 39.3 Å². The summed E-state index contributed by atoms with van der Waals surface area (Å²) in [6.45, 7) is 7.46. The van der Waals surface area contributed by atoms with Crippen LogP contribution in [0, 0.1) is 5.41 Å². The van der Waals surface area contributed by atoms with Gasteiger partial charge < -0.3 is 5.11 Å². The molecule has 1 aliphatic rings. The molecule has 0 spiro atoms. The Morgan fingerprint density at radius 2 is 2.10 bits per heavy atom. The summed E-state index contributed by atoms with van der Waals surface area (Å²) in [6, 6.07) is 8.41. The van der Waals surface area contributed by atoms with E-state index in [0.29, 0.717) is 0 Å². The molecule has 0 bridgehead atoms. The number of hydrogen-bond acceptors (Lipinski definition) is 2. The van der Waals surface area contributed by atoms with Gasteiger partial charge in [0.1, 0.15) is 0 Å². The van der Waals surface area contributed by atoms with Crippen LogP contribution in [0.5, 0.6) is 0 Å². The highest BCUT2D eigenvalue weighted by Crippen LogP contribution is 2.37. The number of para-hydroxylation sites is 1. The van der Waals surface area contributed by atoms with Crippen molar-refractivity contribution in [3.05, 3.63) is 41.6 Å². The standard InChI is InChI=1S/C18H24N2O/c1-4-20-17-8-6-5-7-15(17)16(19-20)10-13-9-14(21)12-18(2,3)11-13/h5-9,14,21H,4,10-12H2,1-3H3. The van der Waals surface area contributed by atoms with E-state index < -0.39 is 0 Å². The SMILES string of the molecule is CCn1nc(CC2=CC(O)CC(C)(C)C2)c2ccccc21. The van der Waals surface area contributed by atoms with Crippen molar-refractivity contribution in [2.75, 3.05) is 0 Å². The molecular formula is C18H24N2O. The summed E-state index contributed by atoms with van der Waals surface area (Å²) in [5.74, 6) is 0. The van der Waals surface area contributed by atoms with Gasteiger partial charge in [0.15, 0.2) is 0 Å². The van der Waals surface area contributed by atoms with Crippen molar-refractivity contribution >= 4 is 10.9 Å². The molecule has 1 N–H and O–H groups in total. The van der Waals surface area contributed by atoms with Crippen molar-refractivity contribution in [1.82, 2.24) is 9.78 Å². The Morgan fingerprint density at radius 3 is 2.81 bits per heavy atom. The summed E-state index contributed by atoms with van der Waals surface area (Å²) in [5.41, 5.74) is 3.81. The van der Waals surface area contributed by atoms with Crippen LogP contribution in [0.25, 0.3) is 10.9 Å². The molecule has 2 aromatic rings. The lowest BCUT2D eigenvalue weighted by Crippen LogP contribution is -2.25. The highest BCUT2D eigenvalue weighted by molar-refractivity contribution is 5.82. The summed E-state index contributed by atoms with van der Waals surface area (Å²) in [7, 11) is 0. The number of aromatic nitrogens is 2. The second-order valence-electron chi connectivity index (χ2n) is 6.89. The molecule has 1 aromatic carbocycles. The number of aliphatic hydroxyl groups is 1. The molecule has 0 saturated carbocycles. The number of rotatable bonds is 3. The normalized spacial score (nSPS) is 21.5. The van der Waals surface area contributed by atoms with Crippen LogP contribution in [0.2, 0.25) is 0 Å². The predicted molar refractivity (Wildman–Crippen MR) is 86.2 cm³/mol. The Kier molecular flexibility index (Phi) is 3.62. The van der Waals surface area contributed by atoms with Crippen molar-refractivity contribution in [3.63, 3.8) is 0 Å². The van der Waals surface area contributed by atoms with Gasteiger partial charge in [-0.2, -0.15) is 5.10 Å². The van der Waals surface area contributed by atoms with E-state index in [1.807, 2.05) is 6.08 Å².